The average Bonchev–Trinajstić information content (AvgIpc) is 3.30. The van der Waals surface area contributed by atoms with Gasteiger partial charge in [-0.05, 0) is 59.7 Å². The maximum Gasteiger partial charge on any atom is 0.307 e. The molecule has 0 spiro atoms. The minimum Gasteiger partial charge on any atom is -0.504 e. The highest BCUT2D eigenvalue weighted by Gasteiger charge is 2.15. The molecule has 1 heterocycles. The van der Waals surface area contributed by atoms with Crippen LogP contribution in [0, 0.1) is 0 Å². The summed E-state index contributed by atoms with van der Waals surface area (Å²) in [5.41, 5.74) is 5.56. The van der Waals surface area contributed by atoms with Crippen molar-refractivity contribution >= 4 is 24.2 Å². The summed E-state index contributed by atoms with van der Waals surface area (Å²) in [6, 6.07) is 11.8. The molecule has 3 aromatic rings. The highest BCUT2D eigenvalue weighted by atomic mass is 16.5. The van der Waals surface area contributed by atoms with Crippen molar-refractivity contribution in [3.63, 3.8) is 0 Å². The molecular weight excluding hydrogens is 432 g/mol. The van der Waals surface area contributed by atoms with Gasteiger partial charge in [0.05, 0.1) is 26.6 Å². The van der Waals surface area contributed by atoms with Gasteiger partial charge in [-0.3, -0.25) is 9.59 Å². The molecular formula is C22H20N4O7. The van der Waals surface area contributed by atoms with Crippen LogP contribution in [0.5, 0.6) is 23.0 Å². The van der Waals surface area contributed by atoms with E-state index in [2.05, 4.69) is 21.1 Å². The van der Waals surface area contributed by atoms with Gasteiger partial charge in [0.25, 0.3) is 0 Å². The Balaban J connectivity index is 1.54. The van der Waals surface area contributed by atoms with Crippen LogP contribution >= 0.6 is 0 Å². The fourth-order valence-electron chi connectivity index (χ4n) is 2.60. The van der Waals surface area contributed by atoms with Crippen molar-refractivity contribution in [2.75, 3.05) is 14.2 Å². The molecule has 3 rings (SSSR count). The normalized spacial score (nSPS) is 11.0. The molecule has 0 bridgehead atoms. The van der Waals surface area contributed by atoms with E-state index in [0.29, 0.717) is 22.6 Å². The summed E-state index contributed by atoms with van der Waals surface area (Å²) in [4.78, 5) is 24.3. The Labute approximate surface area is 187 Å². The monoisotopic (exact) mass is 452 g/mol. The lowest BCUT2D eigenvalue weighted by molar-refractivity contribution is 0.0902. The molecule has 0 aliphatic heterocycles. The molecule has 2 amide bonds. The Morgan fingerprint density at radius 1 is 0.788 bits per heavy atom. The van der Waals surface area contributed by atoms with Gasteiger partial charge < -0.3 is 24.1 Å². The molecule has 33 heavy (non-hydrogen) atoms. The SMILES string of the molecule is COc1ccc(C=NNC(=O)c2ccc(C(=O)NN=Cc3ccc(OC)c(O)c3)o2)cc1O. The van der Waals surface area contributed by atoms with Gasteiger partial charge in [0.15, 0.2) is 34.5 Å². The van der Waals surface area contributed by atoms with Gasteiger partial charge >= 0.3 is 11.8 Å². The number of amides is 2. The topological polar surface area (TPSA) is 155 Å². The minimum absolute atomic E-state index is 0.0686. The van der Waals surface area contributed by atoms with Crippen LogP contribution < -0.4 is 20.3 Å². The van der Waals surface area contributed by atoms with Gasteiger partial charge in [0.2, 0.25) is 0 Å². The Kier molecular flexibility index (Phi) is 7.27. The lowest BCUT2D eigenvalue weighted by Gasteiger charge is -2.03. The first-order valence-corrected chi connectivity index (χ1v) is 9.42. The molecule has 0 atom stereocenters. The van der Waals surface area contributed by atoms with Gasteiger partial charge in [0.1, 0.15) is 0 Å². The number of rotatable bonds is 8. The lowest BCUT2D eigenvalue weighted by atomic mass is 10.2. The summed E-state index contributed by atoms with van der Waals surface area (Å²) in [5, 5.41) is 27.0. The second-order valence-electron chi connectivity index (χ2n) is 6.42. The molecule has 0 aliphatic carbocycles. The number of aromatic hydroxyl groups is 2. The summed E-state index contributed by atoms with van der Waals surface area (Å²) in [5.74, 6) is -1.16. The predicted octanol–water partition coefficient (Wildman–Crippen LogP) is 2.24. The van der Waals surface area contributed by atoms with E-state index < -0.39 is 11.8 Å². The Morgan fingerprint density at radius 3 is 1.58 bits per heavy atom. The predicted molar refractivity (Wildman–Crippen MR) is 118 cm³/mol. The zero-order valence-corrected chi connectivity index (χ0v) is 17.6. The second-order valence-corrected chi connectivity index (χ2v) is 6.42. The van der Waals surface area contributed by atoms with Crippen molar-refractivity contribution < 1.29 is 33.7 Å². The van der Waals surface area contributed by atoms with Gasteiger partial charge in [-0.15, -0.1) is 0 Å². The van der Waals surface area contributed by atoms with Crippen LogP contribution in [0.1, 0.15) is 32.2 Å². The molecule has 0 radical (unpaired) electrons. The van der Waals surface area contributed by atoms with Gasteiger partial charge in [-0.1, -0.05) is 0 Å². The molecule has 0 fully saturated rings. The highest BCUT2D eigenvalue weighted by molar-refractivity contribution is 5.96. The van der Waals surface area contributed by atoms with Crippen LogP contribution in [0.3, 0.4) is 0 Å². The molecule has 4 N–H and O–H groups in total. The van der Waals surface area contributed by atoms with Crippen molar-refractivity contribution in [2.45, 2.75) is 0 Å². The minimum atomic E-state index is -0.680. The molecule has 11 heteroatoms. The molecule has 0 aliphatic rings. The summed E-state index contributed by atoms with van der Waals surface area (Å²) in [6.07, 6.45) is 2.64. The fourth-order valence-corrected chi connectivity index (χ4v) is 2.60. The number of ether oxygens (including phenoxy) is 2. The fraction of sp³-hybridized carbons (Fsp3) is 0.0909. The van der Waals surface area contributed by atoms with Crippen molar-refractivity contribution in [1.29, 1.82) is 0 Å². The Bertz CT molecular complexity index is 1130. The van der Waals surface area contributed by atoms with Gasteiger partial charge in [-0.2, -0.15) is 10.2 Å². The number of nitrogens with one attached hydrogen (secondary N) is 2. The molecule has 0 saturated heterocycles. The van der Waals surface area contributed by atoms with Crippen LogP contribution in [-0.4, -0.2) is 48.7 Å². The van der Waals surface area contributed by atoms with Crippen molar-refractivity contribution in [2.24, 2.45) is 10.2 Å². The number of carbonyl (C=O) groups is 2. The number of carbonyl (C=O) groups excluding carboxylic acids is 2. The summed E-state index contributed by atoms with van der Waals surface area (Å²) in [7, 11) is 2.86. The molecule has 0 saturated carbocycles. The van der Waals surface area contributed by atoms with Crippen LogP contribution in [0.25, 0.3) is 0 Å². The third-order valence-corrected chi connectivity index (χ3v) is 4.22. The van der Waals surface area contributed by atoms with E-state index in [1.54, 1.807) is 24.3 Å². The van der Waals surface area contributed by atoms with Crippen LogP contribution in [0.2, 0.25) is 0 Å². The number of phenolic OH excluding ortho intramolecular Hbond substituents is 2. The van der Waals surface area contributed by atoms with E-state index in [1.165, 1.54) is 50.9 Å². The smallest absolute Gasteiger partial charge is 0.307 e. The van der Waals surface area contributed by atoms with Crippen LogP contribution in [0.4, 0.5) is 0 Å². The van der Waals surface area contributed by atoms with Crippen molar-refractivity contribution in [3.05, 3.63) is 71.2 Å². The first-order chi connectivity index (χ1) is 15.9. The summed E-state index contributed by atoms with van der Waals surface area (Å²) < 4.78 is 15.1. The quantitative estimate of drug-likeness (QED) is 0.302. The molecule has 1 aromatic heterocycles. The van der Waals surface area contributed by atoms with E-state index in [-0.39, 0.29) is 23.0 Å². The number of methoxy groups -OCH3 is 2. The second kappa shape index (κ2) is 10.5. The third-order valence-electron chi connectivity index (χ3n) is 4.22. The molecule has 0 unspecified atom stereocenters. The first kappa shape index (κ1) is 22.9. The Morgan fingerprint density at radius 2 is 1.21 bits per heavy atom. The molecule has 170 valence electrons. The zero-order valence-electron chi connectivity index (χ0n) is 17.6. The number of phenols is 2. The Hall–Kier alpha value is -4.80. The van der Waals surface area contributed by atoms with E-state index in [9.17, 15) is 19.8 Å². The van der Waals surface area contributed by atoms with Crippen molar-refractivity contribution in [3.8, 4) is 23.0 Å². The largest absolute Gasteiger partial charge is 0.504 e. The number of nitrogens with zero attached hydrogens (tertiary/aromatic N) is 2. The summed E-state index contributed by atoms with van der Waals surface area (Å²) >= 11 is 0. The van der Waals surface area contributed by atoms with Crippen LogP contribution in [-0.2, 0) is 0 Å². The lowest BCUT2D eigenvalue weighted by Crippen LogP contribution is -2.18. The number of benzene rings is 2. The van der Waals surface area contributed by atoms with Gasteiger partial charge in [-0.25, -0.2) is 10.9 Å². The van der Waals surface area contributed by atoms with E-state index >= 15 is 0 Å². The maximum atomic E-state index is 12.1. The number of hydrogen-bond acceptors (Lipinski definition) is 9. The standard InChI is InChI=1S/C22H20N4O7/c1-31-17-5-3-13(9-15(17)27)11-23-25-21(29)19-7-8-20(33-19)22(30)26-24-12-14-4-6-18(32-2)16(28)10-14/h3-12,27-28H,1-2H3,(H,25,29)(H,26,30). The maximum absolute atomic E-state index is 12.1. The van der Waals surface area contributed by atoms with E-state index in [4.69, 9.17) is 13.9 Å². The molecule has 2 aromatic carbocycles. The number of furan rings is 1. The van der Waals surface area contributed by atoms with Crippen molar-refractivity contribution in [1.82, 2.24) is 10.9 Å². The van der Waals surface area contributed by atoms with Gasteiger partial charge in [0, 0.05) is 0 Å². The van der Waals surface area contributed by atoms with E-state index in [0.717, 1.165) is 0 Å². The average molecular weight is 452 g/mol. The number of hydrazone groups is 2. The number of hydrogen-bond donors (Lipinski definition) is 4. The van der Waals surface area contributed by atoms with E-state index in [1.807, 2.05) is 0 Å². The molecule has 11 nitrogen and oxygen atoms in total. The zero-order chi connectivity index (χ0) is 23.8. The van der Waals surface area contributed by atoms with Crippen LogP contribution in [0.15, 0.2) is 63.2 Å². The third kappa shape index (κ3) is 5.88. The highest BCUT2D eigenvalue weighted by Crippen LogP contribution is 2.26. The summed E-state index contributed by atoms with van der Waals surface area (Å²) in [6.45, 7) is 0. The first-order valence-electron chi connectivity index (χ1n) is 9.42.